The molecule has 1 aromatic heterocycles. The minimum absolute atomic E-state index is 0.353. The van der Waals surface area contributed by atoms with Crippen LogP contribution in [0, 0.1) is 0 Å². The SMILES string of the molecule is CC(C)c1nccn1CC(C)(O)c1ccccc1. The predicted octanol–water partition coefficient (Wildman–Crippen LogP) is 2.91. The number of hydrogen-bond acceptors (Lipinski definition) is 2. The van der Waals surface area contributed by atoms with E-state index in [1.165, 1.54) is 0 Å². The first-order valence-corrected chi connectivity index (χ1v) is 6.29. The van der Waals surface area contributed by atoms with Gasteiger partial charge in [-0.1, -0.05) is 44.2 Å². The average Bonchev–Trinajstić information content (AvgIpc) is 2.78. The fourth-order valence-electron chi connectivity index (χ4n) is 2.18. The van der Waals surface area contributed by atoms with E-state index in [0.717, 1.165) is 11.4 Å². The van der Waals surface area contributed by atoms with Crippen LogP contribution < -0.4 is 0 Å². The summed E-state index contributed by atoms with van der Waals surface area (Å²) in [6.45, 7) is 6.57. The maximum Gasteiger partial charge on any atom is 0.111 e. The molecule has 1 atom stereocenters. The number of benzene rings is 1. The lowest BCUT2D eigenvalue weighted by molar-refractivity contribution is 0.0372. The Balaban J connectivity index is 2.25. The third-order valence-corrected chi connectivity index (χ3v) is 3.14. The first-order valence-electron chi connectivity index (χ1n) is 6.29. The largest absolute Gasteiger partial charge is 0.384 e. The van der Waals surface area contributed by atoms with Gasteiger partial charge in [-0.15, -0.1) is 0 Å². The van der Waals surface area contributed by atoms with Crippen molar-refractivity contribution in [3.8, 4) is 0 Å². The van der Waals surface area contributed by atoms with Gasteiger partial charge < -0.3 is 9.67 Å². The average molecular weight is 244 g/mol. The first-order chi connectivity index (χ1) is 8.50. The van der Waals surface area contributed by atoms with Gasteiger partial charge in [0.15, 0.2) is 0 Å². The molecule has 1 aromatic carbocycles. The van der Waals surface area contributed by atoms with Gasteiger partial charge in [0.25, 0.3) is 0 Å². The van der Waals surface area contributed by atoms with Crippen LogP contribution >= 0.6 is 0 Å². The van der Waals surface area contributed by atoms with Gasteiger partial charge in [0.05, 0.1) is 6.54 Å². The summed E-state index contributed by atoms with van der Waals surface area (Å²) < 4.78 is 2.03. The normalized spacial score (nSPS) is 14.7. The monoisotopic (exact) mass is 244 g/mol. The standard InChI is InChI=1S/C15H20N2O/c1-12(2)14-16-9-10-17(14)11-15(3,18)13-7-5-4-6-8-13/h4-10,12,18H,11H2,1-3H3. The molecular weight excluding hydrogens is 224 g/mol. The van der Waals surface area contributed by atoms with Crippen LogP contribution in [-0.2, 0) is 12.1 Å². The molecule has 96 valence electrons. The van der Waals surface area contributed by atoms with Crippen molar-refractivity contribution in [2.75, 3.05) is 0 Å². The Labute approximate surface area is 108 Å². The topological polar surface area (TPSA) is 38.0 Å². The Morgan fingerprint density at radius 1 is 1.28 bits per heavy atom. The van der Waals surface area contributed by atoms with Crippen LogP contribution in [0.2, 0.25) is 0 Å². The van der Waals surface area contributed by atoms with Gasteiger partial charge in [-0.05, 0) is 12.5 Å². The van der Waals surface area contributed by atoms with Gasteiger partial charge in [-0.3, -0.25) is 0 Å². The van der Waals surface area contributed by atoms with Crippen molar-refractivity contribution >= 4 is 0 Å². The van der Waals surface area contributed by atoms with Crippen molar-refractivity contribution in [3.05, 3.63) is 54.1 Å². The summed E-state index contributed by atoms with van der Waals surface area (Å²) in [7, 11) is 0. The minimum Gasteiger partial charge on any atom is -0.384 e. The number of imidazole rings is 1. The number of nitrogens with zero attached hydrogens (tertiary/aromatic N) is 2. The van der Waals surface area contributed by atoms with Crippen molar-refractivity contribution in [3.63, 3.8) is 0 Å². The molecule has 18 heavy (non-hydrogen) atoms. The van der Waals surface area contributed by atoms with Gasteiger partial charge in [-0.2, -0.15) is 0 Å². The zero-order valence-electron chi connectivity index (χ0n) is 11.2. The van der Waals surface area contributed by atoms with Crippen molar-refractivity contribution in [1.29, 1.82) is 0 Å². The summed E-state index contributed by atoms with van der Waals surface area (Å²) in [6, 6.07) is 9.75. The van der Waals surface area contributed by atoms with E-state index in [1.807, 2.05) is 48.0 Å². The molecule has 2 aromatic rings. The fourth-order valence-corrected chi connectivity index (χ4v) is 2.18. The number of rotatable bonds is 4. The second kappa shape index (κ2) is 4.94. The Morgan fingerprint density at radius 2 is 1.94 bits per heavy atom. The highest BCUT2D eigenvalue weighted by Crippen LogP contribution is 2.24. The van der Waals surface area contributed by atoms with Crippen molar-refractivity contribution in [2.24, 2.45) is 0 Å². The van der Waals surface area contributed by atoms with Crippen molar-refractivity contribution < 1.29 is 5.11 Å². The van der Waals surface area contributed by atoms with E-state index in [1.54, 1.807) is 6.20 Å². The second-order valence-corrected chi connectivity index (χ2v) is 5.21. The van der Waals surface area contributed by atoms with Crippen molar-refractivity contribution in [1.82, 2.24) is 9.55 Å². The zero-order chi connectivity index (χ0) is 13.2. The van der Waals surface area contributed by atoms with Gasteiger partial charge in [0.2, 0.25) is 0 Å². The van der Waals surface area contributed by atoms with Crippen LogP contribution in [0.1, 0.15) is 38.1 Å². The highest BCUT2D eigenvalue weighted by Gasteiger charge is 2.24. The van der Waals surface area contributed by atoms with Crippen LogP contribution in [0.5, 0.6) is 0 Å². The van der Waals surface area contributed by atoms with E-state index in [4.69, 9.17) is 0 Å². The number of aromatic nitrogens is 2. The summed E-state index contributed by atoms with van der Waals surface area (Å²) in [6.07, 6.45) is 3.71. The number of hydrogen-bond donors (Lipinski definition) is 1. The van der Waals surface area contributed by atoms with Crippen LogP contribution in [-0.4, -0.2) is 14.7 Å². The highest BCUT2D eigenvalue weighted by atomic mass is 16.3. The molecule has 0 saturated carbocycles. The molecule has 0 aliphatic carbocycles. The Bertz CT molecular complexity index is 500. The van der Waals surface area contributed by atoms with E-state index in [0.29, 0.717) is 12.5 Å². The van der Waals surface area contributed by atoms with Crippen LogP contribution in [0.3, 0.4) is 0 Å². The van der Waals surface area contributed by atoms with E-state index < -0.39 is 5.60 Å². The third kappa shape index (κ3) is 2.62. The molecule has 2 rings (SSSR count). The maximum absolute atomic E-state index is 10.6. The van der Waals surface area contributed by atoms with E-state index in [2.05, 4.69) is 18.8 Å². The Hall–Kier alpha value is -1.61. The molecule has 0 saturated heterocycles. The summed E-state index contributed by atoms with van der Waals surface area (Å²) in [5.41, 5.74) is 0.0411. The third-order valence-electron chi connectivity index (χ3n) is 3.14. The predicted molar refractivity (Wildman–Crippen MR) is 72.3 cm³/mol. The molecule has 1 N–H and O–H groups in total. The van der Waals surface area contributed by atoms with Gasteiger partial charge in [0.1, 0.15) is 11.4 Å². The molecule has 0 aliphatic rings. The Kier molecular flexibility index (Phi) is 3.53. The molecule has 0 fully saturated rings. The van der Waals surface area contributed by atoms with E-state index >= 15 is 0 Å². The molecule has 0 amide bonds. The maximum atomic E-state index is 10.6. The summed E-state index contributed by atoms with van der Waals surface area (Å²) in [5, 5.41) is 10.6. The highest BCUT2D eigenvalue weighted by molar-refractivity contribution is 5.21. The van der Waals surface area contributed by atoms with E-state index in [-0.39, 0.29) is 0 Å². The molecular formula is C15H20N2O. The lowest BCUT2D eigenvalue weighted by atomic mass is 9.96. The molecule has 1 unspecified atom stereocenters. The van der Waals surface area contributed by atoms with Gasteiger partial charge >= 0.3 is 0 Å². The lowest BCUT2D eigenvalue weighted by Gasteiger charge is -2.25. The molecule has 0 radical (unpaired) electrons. The molecule has 0 aliphatic heterocycles. The molecule has 3 heteroatoms. The van der Waals surface area contributed by atoms with Crippen molar-refractivity contribution in [2.45, 2.75) is 38.8 Å². The quantitative estimate of drug-likeness (QED) is 0.898. The van der Waals surface area contributed by atoms with Crippen LogP contribution in [0.25, 0.3) is 0 Å². The molecule has 0 spiro atoms. The number of aliphatic hydroxyl groups is 1. The summed E-state index contributed by atoms with van der Waals surface area (Å²) in [5.74, 6) is 1.36. The Morgan fingerprint density at radius 3 is 2.56 bits per heavy atom. The molecule has 1 heterocycles. The van der Waals surface area contributed by atoms with Gasteiger partial charge in [0, 0.05) is 18.3 Å². The molecule has 3 nitrogen and oxygen atoms in total. The summed E-state index contributed by atoms with van der Waals surface area (Å²) in [4.78, 5) is 4.35. The van der Waals surface area contributed by atoms with E-state index in [9.17, 15) is 5.11 Å². The minimum atomic E-state index is -0.883. The smallest absolute Gasteiger partial charge is 0.111 e. The first kappa shape index (κ1) is 12.8. The molecule has 0 bridgehead atoms. The fraction of sp³-hybridized carbons (Fsp3) is 0.400. The van der Waals surface area contributed by atoms with Gasteiger partial charge in [-0.25, -0.2) is 4.98 Å². The zero-order valence-corrected chi connectivity index (χ0v) is 11.2. The second-order valence-electron chi connectivity index (χ2n) is 5.21. The van der Waals surface area contributed by atoms with Crippen LogP contribution in [0.15, 0.2) is 42.7 Å². The summed E-state index contributed by atoms with van der Waals surface area (Å²) >= 11 is 0. The van der Waals surface area contributed by atoms with Crippen LogP contribution in [0.4, 0.5) is 0 Å². The lowest BCUT2D eigenvalue weighted by Crippen LogP contribution is -2.28.